The molecule has 3 rings (SSSR count). The highest BCUT2D eigenvalue weighted by atomic mass is 79.9. The van der Waals surface area contributed by atoms with Gasteiger partial charge in [0, 0.05) is 4.47 Å². The minimum absolute atomic E-state index is 0.126. The van der Waals surface area contributed by atoms with E-state index in [1.54, 1.807) is 18.2 Å². The fourth-order valence-electron chi connectivity index (χ4n) is 2.04. The molecule has 1 heterocycles. The molecule has 0 unspecified atom stereocenters. The Hall–Kier alpha value is -2.40. The lowest BCUT2D eigenvalue weighted by Gasteiger charge is -2.13. The Morgan fingerprint density at radius 1 is 0.952 bits per heavy atom. The Balaban J connectivity index is 1.92. The molecule has 4 nitrogen and oxygen atoms in total. The third kappa shape index (κ3) is 2.73. The van der Waals surface area contributed by atoms with Crippen LogP contribution in [0.5, 0.6) is 0 Å². The van der Waals surface area contributed by atoms with E-state index in [1.165, 1.54) is 5.01 Å². The topological polar surface area (TPSA) is 49.4 Å². The molecule has 1 N–H and O–H groups in total. The molecule has 1 fully saturated rings. The van der Waals surface area contributed by atoms with Crippen molar-refractivity contribution in [2.75, 3.05) is 5.01 Å². The first-order valence-corrected chi connectivity index (χ1v) is 7.12. The molecule has 0 saturated carbocycles. The summed E-state index contributed by atoms with van der Waals surface area (Å²) < 4.78 is 0.942. The van der Waals surface area contributed by atoms with Crippen molar-refractivity contribution in [3.05, 3.63) is 70.2 Å². The first-order valence-electron chi connectivity index (χ1n) is 6.33. The van der Waals surface area contributed by atoms with Gasteiger partial charge in [0.15, 0.2) is 0 Å². The Bertz CT molecular complexity index is 724. The number of para-hydroxylation sites is 1. The van der Waals surface area contributed by atoms with Crippen LogP contribution in [0.3, 0.4) is 0 Å². The van der Waals surface area contributed by atoms with Gasteiger partial charge in [0.05, 0.1) is 5.69 Å². The lowest BCUT2D eigenvalue weighted by molar-refractivity contribution is -0.117. The fourth-order valence-corrected chi connectivity index (χ4v) is 2.31. The van der Waals surface area contributed by atoms with E-state index >= 15 is 0 Å². The summed E-state index contributed by atoms with van der Waals surface area (Å²) in [6.07, 6.45) is 1.59. The van der Waals surface area contributed by atoms with Crippen LogP contribution in [-0.4, -0.2) is 11.8 Å². The average molecular weight is 343 g/mol. The van der Waals surface area contributed by atoms with Gasteiger partial charge in [-0.25, -0.2) is 5.01 Å². The van der Waals surface area contributed by atoms with Crippen LogP contribution in [0.25, 0.3) is 6.08 Å². The number of anilines is 1. The van der Waals surface area contributed by atoms with Gasteiger partial charge in [-0.05, 0) is 35.9 Å². The molecule has 0 atom stereocenters. The monoisotopic (exact) mass is 342 g/mol. The van der Waals surface area contributed by atoms with Gasteiger partial charge in [-0.3, -0.25) is 15.0 Å². The van der Waals surface area contributed by atoms with E-state index in [4.69, 9.17) is 0 Å². The summed E-state index contributed by atoms with van der Waals surface area (Å²) in [5.41, 5.74) is 4.13. The molecule has 1 aliphatic heterocycles. The van der Waals surface area contributed by atoms with Crippen LogP contribution in [-0.2, 0) is 9.59 Å². The molecule has 0 aromatic heterocycles. The number of rotatable bonds is 2. The number of nitrogens with zero attached hydrogens (tertiary/aromatic N) is 1. The zero-order chi connectivity index (χ0) is 14.8. The van der Waals surface area contributed by atoms with E-state index in [0.717, 1.165) is 10.0 Å². The highest BCUT2D eigenvalue weighted by Crippen LogP contribution is 2.21. The van der Waals surface area contributed by atoms with E-state index < -0.39 is 5.91 Å². The molecule has 104 valence electrons. The van der Waals surface area contributed by atoms with E-state index in [-0.39, 0.29) is 11.5 Å². The summed E-state index contributed by atoms with van der Waals surface area (Å²) in [7, 11) is 0. The lowest BCUT2D eigenvalue weighted by atomic mass is 10.1. The molecule has 0 spiro atoms. The lowest BCUT2D eigenvalue weighted by Crippen LogP contribution is -2.35. The van der Waals surface area contributed by atoms with Gasteiger partial charge in [-0.1, -0.05) is 46.3 Å². The van der Waals surface area contributed by atoms with Crippen LogP contribution in [0.1, 0.15) is 5.56 Å². The standard InChI is InChI=1S/C16H11BrN2O2/c17-12-8-6-11(7-9-12)10-14-15(20)18-19(16(14)21)13-4-2-1-3-5-13/h1-10H,(H,18,20)/b14-10-. The number of carbonyl (C=O) groups excluding carboxylic acids is 2. The minimum Gasteiger partial charge on any atom is -0.267 e. The zero-order valence-corrected chi connectivity index (χ0v) is 12.5. The summed E-state index contributed by atoms with van der Waals surface area (Å²) >= 11 is 3.35. The van der Waals surface area contributed by atoms with Crippen molar-refractivity contribution in [1.29, 1.82) is 0 Å². The number of carbonyl (C=O) groups is 2. The van der Waals surface area contributed by atoms with Gasteiger partial charge >= 0.3 is 0 Å². The molecule has 21 heavy (non-hydrogen) atoms. The molecule has 2 aromatic carbocycles. The van der Waals surface area contributed by atoms with E-state index in [1.807, 2.05) is 42.5 Å². The number of hydrogen-bond acceptors (Lipinski definition) is 2. The Morgan fingerprint density at radius 2 is 1.62 bits per heavy atom. The van der Waals surface area contributed by atoms with Gasteiger partial charge < -0.3 is 0 Å². The maximum atomic E-state index is 12.4. The summed E-state index contributed by atoms with van der Waals surface area (Å²) in [6.45, 7) is 0. The predicted octanol–water partition coefficient (Wildman–Crippen LogP) is 2.91. The number of hydrogen-bond donors (Lipinski definition) is 1. The second kappa shape index (κ2) is 5.54. The minimum atomic E-state index is -0.397. The molecule has 2 aromatic rings. The maximum Gasteiger partial charge on any atom is 0.282 e. The fraction of sp³-hybridized carbons (Fsp3) is 0. The van der Waals surface area contributed by atoms with Gasteiger partial charge in [-0.2, -0.15) is 0 Å². The summed E-state index contributed by atoms with van der Waals surface area (Å²) in [4.78, 5) is 24.3. The first-order chi connectivity index (χ1) is 10.1. The molecule has 1 aliphatic rings. The molecular weight excluding hydrogens is 332 g/mol. The van der Waals surface area contributed by atoms with E-state index in [2.05, 4.69) is 21.4 Å². The van der Waals surface area contributed by atoms with Crippen molar-refractivity contribution < 1.29 is 9.59 Å². The van der Waals surface area contributed by atoms with Crippen molar-refractivity contribution in [3.8, 4) is 0 Å². The van der Waals surface area contributed by atoms with Gasteiger partial charge in [0.25, 0.3) is 11.8 Å². The Labute approximate surface area is 130 Å². The Morgan fingerprint density at radius 3 is 2.29 bits per heavy atom. The third-order valence-electron chi connectivity index (χ3n) is 3.09. The quantitative estimate of drug-likeness (QED) is 0.673. The van der Waals surface area contributed by atoms with Gasteiger partial charge in [0.2, 0.25) is 0 Å². The second-order valence-corrected chi connectivity index (χ2v) is 5.44. The molecule has 1 saturated heterocycles. The van der Waals surface area contributed by atoms with Crippen LogP contribution in [0, 0.1) is 0 Å². The second-order valence-electron chi connectivity index (χ2n) is 4.53. The highest BCUT2D eigenvalue weighted by Gasteiger charge is 2.34. The molecule has 0 bridgehead atoms. The number of nitrogens with one attached hydrogen (secondary N) is 1. The molecular formula is C16H11BrN2O2. The number of benzene rings is 2. The summed E-state index contributed by atoms with van der Waals surface area (Å²) in [6, 6.07) is 16.4. The van der Waals surface area contributed by atoms with Crippen LogP contribution in [0.4, 0.5) is 5.69 Å². The molecule has 0 aliphatic carbocycles. The smallest absolute Gasteiger partial charge is 0.267 e. The summed E-state index contributed by atoms with van der Waals surface area (Å²) in [5.74, 6) is -0.749. The van der Waals surface area contributed by atoms with Crippen LogP contribution in [0.2, 0.25) is 0 Å². The van der Waals surface area contributed by atoms with Crippen molar-refractivity contribution >= 4 is 39.5 Å². The van der Waals surface area contributed by atoms with Crippen molar-refractivity contribution in [1.82, 2.24) is 5.43 Å². The van der Waals surface area contributed by atoms with Crippen molar-refractivity contribution in [3.63, 3.8) is 0 Å². The largest absolute Gasteiger partial charge is 0.282 e. The van der Waals surface area contributed by atoms with Gasteiger partial charge in [0.1, 0.15) is 5.57 Å². The third-order valence-corrected chi connectivity index (χ3v) is 3.62. The molecule has 2 amide bonds. The number of hydrazine groups is 1. The zero-order valence-electron chi connectivity index (χ0n) is 10.9. The highest BCUT2D eigenvalue weighted by molar-refractivity contribution is 9.10. The van der Waals surface area contributed by atoms with Gasteiger partial charge in [-0.15, -0.1) is 0 Å². The SMILES string of the molecule is O=C1NN(c2ccccc2)C(=O)/C1=C\c1ccc(Br)cc1. The average Bonchev–Trinajstić information content (AvgIpc) is 2.78. The van der Waals surface area contributed by atoms with Crippen LogP contribution >= 0.6 is 15.9 Å². The maximum absolute atomic E-state index is 12.4. The first kappa shape index (κ1) is 13.6. The Kier molecular flexibility index (Phi) is 3.58. The molecule has 5 heteroatoms. The van der Waals surface area contributed by atoms with Crippen LogP contribution in [0.15, 0.2) is 64.6 Å². The number of amides is 2. The summed E-state index contributed by atoms with van der Waals surface area (Å²) in [5, 5.41) is 1.26. The predicted molar refractivity (Wildman–Crippen MR) is 84.2 cm³/mol. The van der Waals surface area contributed by atoms with E-state index in [9.17, 15) is 9.59 Å². The normalized spacial score (nSPS) is 16.4. The molecule has 0 radical (unpaired) electrons. The van der Waals surface area contributed by atoms with Crippen LogP contribution < -0.4 is 10.4 Å². The van der Waals surface area contributed by atoms with Crippen molar-refractivity contribution in [2.24, 2.45) is 0 Å². The van der Waals surface area contributed by atoms with Crippen molar-refractivity contribution in [2.45, 2.75) is 0 Å². The number of halogens is 1. The van der Waals surface area contributed by atoms with E-state index in [0.29, 0.717) is 5.69 Å².